The van der Waals surface area contributed by atoms with E-state index in [2.05, 4.69) is 88.9 Å². The standard InChI is InChI=1S/C55H90N2/c1-6-11-16-18-19-20-21-22-23-24-25-26-27-28-29-30-31-35-38-49-41-37-42-52(46-49)56-54(44-36-17-12-7-2)55(43-34-15-10-5)57-53-47-50(39-32-13-8-3)45-51(48-53)40-33-14-9-4/h37,41-42,45-48H,6-34,36,39-40,43-44H2,1-5H3. The quantitative estimate of drug-likeness (QED) is 0.0374. The van der Waals surface area contributed by atoms with Gasteiger partial charge in [-0.3, -0.25) is 9.98 Å². The maximum atomic E-state index is 5.51. The van der Waals surface area contributed by atoms with Crippen molar-refractivity contribution in [2.24, 2.45) is 9.98 Å². The average Bonchev–Trinajstić information content (AvgIpc) is 3.21. The van der Waals surface area contributed by atoms with Crippen molar-refractivity contribution in [1.82, 2.24) is 0 Å². The first-order valence-corrected chi connectivity index (χ1v) is 25.0. The van der Waals surface area contributed by atoms with Gasteiger partial charge in [0.15, 0.2) is 0 Å². The van der Waals surface area contributed by atoms with Crippen LogP contribution in [-0.4, -0.2) is 11.4 Å². The van der Waals surface area contributed by atoms with Gasteiger partial charge in [0.25, 0.3) is 0 Å². The molecule has 0 atom stereocenters. The van der Waals surface area contributed by atoms with Crippen molar-refractivity contribution in [1.29, 1.82) is 0 Å². The van der Waals surface area contributed by atoms with E-state index in [1.165, 1.54) is 196 Å². The summed E-state index contributed by atoms with van der Waals surface area (Å²) in [4.78, 5) is 10.9. The Bertz CT molecular complexity index is 1340. The van der Waals surface area contributed by atoms with Gasteiger partial charge in [0.05, 0.1) is 22.8 Å². The van der Waals surface area contributed by atoms with Crippen LogP contribution >= 0.6 is 0 Å². The smallest absolute Gasteiger partial charge is 0.0646 e. The molecule has 2 nitrogen and oxygen atoms in total. The fraction of sp³-hybridized carbons (Fsp3) is 0.709. The Morgan fingerprint density at radius 2 is 0.807 bits per heavy atom. The summed E-state index contributed by atoms with van der Waals surface area (Å²) in [5.41, 5.74) is 8.53. The molecule has 0 saturated heterocycles. The number of nitrogens with zero attached hydrogens (tertiary/aromatic N) is 2. The van der Waals surface area contributed by atoms with Gasteiger partial charge in [-0.25, -0.2) is 0 Å². The first kappa shape index (κ1) is 50.5. The Balaban J connectivity index is 2.06. The third-order valence-corrected chi connectivity index (χ3v) is 11.6. The number of hydrogen-bond donors (Lipinski definition) is 0. The Hall–Kier alpha value is -2.66. The van der Waals surface area contributed by atoms with Crippen molar-refractivity contribution < 1.29 is 0 Å². The molecule has 0 fully saturated rings. The molecule has 0 unspecified atom stereocenters. The van der Waals surface area contributed by atoms with Crippen molar-refractivity contribution >= 4 is 22.8 Å². The molecule has 57 heavy (non-hydrogen) atoms. The molecular formula is C55H90N2. The molecule has 0 aliphatic heterocycles. The summed E-state index contributed by atoms with van der Waals surface area (Å²) in [5.74, 6) is 6.98. The Morgan fingerprint density at radius 3 is 1.32 bits per heavy atom. The average molecular weight is 779 g/mol. The lowest BCUT2D eigenvalue weighted by molar-refractivity contribution is 0.530. The van der Waals surface area contributed by atoms with E-state index in [-0.39, 0.29) is 0 Å². The van der Waals surface area contributed by atoms with Crippen LogP contribution in [0, 0.1) is 11.8 Å². The third-order valence-electron chi connectivity index (χ3n) is 11.6. The van der Waals surface area contributed by atoms with Crippen molar-refractivity contribution in [3.05, 3.63) is 59.2 Å². The number of unbranched alkanes of at least 4 members (excludes halogenated alkanes) is 25. The van der Waals surface area contributed by atoms with E-state index in [0.717, 1.165) is 61.9 Å². The van der Waals surface area contributed by atoms with Crippen LogP contribution in [-0.2, 0) is 12.8 Å². The molecule has 2 aromatic carbocycles. The highest BCUT2D eigenvalue weighted by atomic mass is 14.8. The fourth-order valence-corrected chi connectivity index (χ4v) is 7.94. The second kappa shape index (κ2) is 36.4. The lowest BCUT2D eigenvalue weighted by Crippen LogP contribution is -2.14. The monoisotopic (exact) mass is 779 g/mol. The van der Waals surface area contributed by atoms with Crippen molar-refractivity contribution in [2.45, 2.75) is 253 Å². The van der Waals surface area contributed by atoms with Crippen molar-refractivity contribution in [2.75, 3.05) is 0 Å². The van der Waals surface area contributed by atoms with Gasteiger partial charge in [0, 0.05) is 12.0 Å². The zero-order valence-electron chi connectivity index (χ0n) is 38.5. The minimum atomic E-state index is 0.986. The van der Waals surface area contributed by atoms with Crippen LogP contribution in [0.3, 0.4) is 0 Å². The molecule has 0 radical (unpaired) electrons. The molecule has 0 N–H and O–H groups in total. The Kier molecular flexibility index (Phi) is 32.3. The lowest BCUT2D eigenvalue weighted by Gasteiger charge is -2.13. The number of aryl methyl sites for hydroxylation is 2. The molecule has 320 valence electrons. The van der Waals surface area contributed by atoms with E-state index in [9.17, 15) is 0 Å². The third kappa shape index (κ3) is 26.9. The van der Waals surface area contributed by atoms with Crippen LogP contribution in [0.1, 0.15) is 257 Å². The highest BCUT2D eigenvalue weighted by Gasteiger charge is 2.12. The van der Waals surface area contributed by atoms with Crippen molar-refractivity contribution in [3.8, 4) is 11.8 Å². The van der Waals surface area contributed by atoms with E-state index in [1.54, 1.807) is 0 Å². The summed E-state index contributed by atoms with van der Waals surface area (Å²) in [6.45, 7) is 11.5. The molecule has 0 saturated carbocycles. The number of hydrogen-bond acceptors (Lipinski definition) is 2. The second-order valence-electron chi connectivity index (χ2n) is 17.2. The summed E-state index contributed by atoms with van der Waals surface area (Å²) >= 11 is 0. The van der Waals surface area contributed by atoms with Gasteiger partial charge in [0.2, 0.25) is 0 Å². The van der Waals surface area contributed by atoms with Crippen LogP contribution in [0.5, 0.6) is 0 Å². The molecule has 0 aliphatic carbocycles. The zero-order chi connectivity index (χ0) is 40.9. The van der Waals surface area contributed by atoms with Gasteiger partial charge >= 0.3 is 0 Å². The van der Waals surface area contributed by atoms with Crippen LogP contribution in [0.15, 0.2) is 52.4 Å². The summed E-state index contributed by atoms with van der Waals surface area (Å²) in [6.07, 6.45) is 43.9. The second-order valence-corrected chi connectivity index (χ2v) is 17.2. The Labute approximate surface area is 355 Å². The van der Waals surface area contributed by atoms with E-state index in [4.69, 9.17) is 9.98 Å². The van der Waals surface area contributed by atoms with Crippen molar-refractivity contribution in [3.63, 3.8) is 0 Å². The largest absolute Gasteiger partial charge is 0.252 e. The first-order chi connectivity index (χ1) is 28.1. The molecule has 0 heterocycles. The molecule has 0 spiro atoms. The molecule has 0 aromatic heterocycles. The van der Waals surface area contributed by atoms with Crippen LogP contribution in [0.4, 0.5) is 11.4 Å². The topological polar surface area (TPSA) is 24.7 Å². The summed E-state index contributed by atoms with van der Waals surface area (Å²) < 4.78 is 0. The zero-order valence-corrected chi connectivity index (χ0v) is 38.5. The van der Waals surface area contributed by atoms with Gasteiger partial charge in [-0.05, 0) is 99.2 Å². The molecular weight excluding hydrogens is 689 g/mol. The molecule has 2 heteroatoms. The number of aliphatic imine (C=N–C) groups is 2. The van der Waals surface area contributed by atoms with E-state index in [1.807, 2.05) is 0 Å². The molecule has 2 rings (SSSR count). The predicted octanol–water partition coefficient (Wildman–Crippen LogP) is 18.6. The maximum absolute atomic E-state index is 5.51. The van der Waals surface area contributed by atoms with Gasteiger partial charge in [-0.15, -0.1) is 0 Å². The molecule has 2 aromatic rings. The molecule has 0 bridgehead atoms. The lowest BCUT2D eigenvalue weighted by atomic mass is 9.99. The van der Waals surface area contributed by atoms with Gasteiger partial charge in [-0.2, -0.15) is 0 Å². The number of rotatable bonds is 36. The summed E-state index contributed by atoms with van der Waals surface area (Å²) in [6, 6.07) is 15.9. The normalized spacial score (nSPS) is 11.9. The minimum absolute atomic E-state index is 0.986. The predicted molar refractivity (Wildman–Crippen MR) is 257 cm³/mol. The van der Waals surface area contributed by atoms with E-state index >= 15 is 0 Å². The van der Waals surface area contributed by atoms with Crippen LogP contribution in [0.2, 0.25) is 0 Å². The number of benzene rings is 2. The summed E-state index contributed by atoms with van der Waals surface area (Å²) in [5, 5.41) is 0. The minimum Gasteiger partial charge on any atom is -0.252 e. The fourth-order valence-electron chi connectivity index (χ4n) is 7.94. The maximum Gasteiger partial charge on any atom is 0.0646 e. The van der Waals surface area contributed by atoms with E-state index in [0.29, 0.717) is 0 Å². The van der Waals surface area contributed by atoms with Gasteiger partial charge in [-0.1, -0.05) is 213 Å². The highest BCUT2D eigenvalue weighted by Crippen LogP contribution is 2.25. The van der Waals surface area contributed by atoms with Gasteiger partial charge < -0.3 is 0 Å². The van der Waals surface area contributed by atoms with Crippen LogP contribution in [0.25, 0.3) is 0 Å². The molecule has 0 aliphatic rings. The highest BCUT2D eigenvalue weighted by molar-refractivity contribution is 6.43. The molecule has 0 amide bonds. The van der Waals surface area contributed by atoms with Gasteiger partial charge in [0.1, 0.15) is 0 Å². The van der Waals surface area contributed by atoms with E-state index < -0.39 is 0 Å². The van der Waals surface area contributed by atoms with Crippen LogP contribution < -0.4 is 0 Å². The SMILES string of the molecule is CCCCCCCCCCCCCCCCCCC#Cc1cccc(N=C(CCCCCC)C(CCCCC)=Nc2cc(CCCCC)cc(CCCCC)c2)c1. The first-order valence-electron chi connectivity index (χ1n) is 25.0. The Morgan fingerprint density at radius 1 is 0.404 bits per heavy atom. The summed E-state index contributed by atoms with van der Waals surface area (Å²) in [7, 11) is 0.